The Hall–Kier alpha value is -1.89. The minimum absolute atomic E-state index is 0. The highest BCUT2D eigenvalue weighted by Crippen LogP contribution is 2.30. The van der Waals surface area contributed by atoms with Gasteiger partial charge in [0.2, 0.25) is 5.91 Å². The average molecular weight is 567 g/mol. The van der Waals surface area contributed by atoms with Crippen LogP contribution in [0.4, 0.5) is 13.2 Å². The van der Waals surface area contributed by atoms with Crippen molar-refractivity contribution in [1.29, 1.82) is 0 Å². The molecule has 31 heavy (non-hydrogen) atoms. The third-order valence-electron chi connectivity index (χ3n) is 4.72. The zero-order valence-corrected chi connectivity index (χ0v) is 20.2. The first-order valence-corrected chi connectivity index (χ1v) is 10.5. The van der Waals surface area contributed by atoms with E-state index in [1.54, 1.807) is 7.05 Å². The van der Waals surface area contributed by atoms with Crippen LogP contribution in [0, 0.1) is 0 Å². The lowest BCUT2D eigenvalue weighted by atomic mass is 10.1. The van der Waals surface area contributed by atoms with Crippen LogP contribution < -0.4 is 10.6 Å². The lowest BCUT2D eigenvalue weighted by molar-refractivity contribution is -0.140. The molecule has 1 amide bonds. The first-order chi connectivity index (χ1) is 14.3. The van der Waals surface area contributed by atoms with Crippen LogP contribution >= 0.6 is 35.3 Å². The summed E-state index contributed by atoms with van der Waals surface area (Å²) >= 11 is 1.00. The van der Waals surface area contributed by atoms with Gasteiger partial charge in [-0.3, -0.25) is 9.79 Å². The molecule has 1 aliphatic heterocycles. The maximum atomic E-state index is 12.6. The van der Waals surface area contributed by atoms with Gasteiger partial charge in [-0.2, -0.15) is 13.2 Å². The lowest BCUT2D eigenvalue weighted by Crippen LogP contribution is -2.37. The molecule has 1 fully saturated rings. The van der Waals surface area contributed by atoms with Crippen molar-refractivity contribution in [2.75, 3.05) is 20.1 Å². The number of alkyl halides is 3. The molecular weight excluding hydrogens is 542 g/mol. The number of nitrogens with one attached hydrogen (secondary N) is 2. The maximum Gasteiger partial charge on any atom is 0.434 e. The number of thiazole rings is 1. The largest absolute Gasteiger partial charge is 0.434 e. The van der Waals surface area contributed by atoms with Gasteiger partial charge in [-0.1, -0.05) is 24.3 Å². The van der Waals surface area contributed by atoms with E-state index >= 15 is 0 Å². The van der Waals surface area contributed by atoms with Crippen molar-refractivity contribution in [1.82, 2.24) is 20.5 Å². The Morgan fingerprint density at radius 2 is 1.94 bits per heavy atom. The predicted octanol–water partition coefficient (Wildman–Crippen LogP) is 3.81. The van der Waals surface area contributed by atoms with Crippen molar-refractivity contribution < 1.29 is 18.0 Å². The van der Waals surface area contributed by atoms with Crippen molar-refractivity contribution in [2.24, 2.45) is 4.99 Å². The molecule has 1 aromatic heterocycles. The second-order valence-corrected chi connectivity index (χ2v) is 7.90. The molecule has 2 heterocycles. The fraction of sp³-hybridized carbons (Fsp3) is 0.450. The Kier molecular flexibility index (Phi) is 9.54. The van der Waals surface area contributed by atoms with Crippen LogP contribution in [0.15, 0.2) is 34.6 Å². The summed E-state index contributed by atoms with van der Waals surface area (Å²) in [6, 6.07) is 8.04. The first-order valence-electron chi connectivity index (χ1n) is 9.67. The summed E-state index contributed by atoms with van der Waals surface area (Å²) in [6.07, 6.45) is -2.45. The van der Waals surface area contributed by atoms with E-state index in [0.29, 0.717) is 43.4 Å². The number of carbonyl (C=O) groups is 1. The number of likely N-dealkylation sites (tertiary alicyclic amines) is 1. The van der Waals surface area contributed by atoms with Crippen LogP contribution in [0.2, 0.25) is 0 Å². The SMILES string of the molecule is CN=C(NCCc1nc(C(F)(F)F)cs1)NCc1ccc(CN2CCCC2=O)cc1.I. The van der Waals surface area contributed by atoms with Crippen LogP contribution in [-0.2, 0) is 30.5 Å². The molecular formula is C20H25F3IN5OS. The number of carbonyl (C=O) groups excluding carboxylic acids is 1. The van der Waals surface area contributed by atoms with Gasteiger partial charge in [-0.25, -0.2) is 4.98 Å². The Balaban J connectivity index is 0.00000341. The van der Waals surface area contributed by atoms with E-state index in [9.17, 15) is 18.0 Å². The van der Waals surface area contributed by atoms with Crippen LogP contribution in [0.25, 0.3) is 0 Å². The molecule has 11 heteroatoms. The maximum absolute atomic E-state index is 12.6. The van der Waals surface area contributed by atoms with E-state index in [-0.39, 0.29) is 29.9 Å². The minimum Gasteiger partial charge on any atom is -0.356 e. The summed E-state index contributed by atoms with van der Waals surface area (Å²) in [7, 11) is 1.64. The smallest absolute Gasteiger partial charge is 0.356 e. The molecule has 0 spiro atoms. The zero-order valence-electron chi connectivity index (χ0n) is 17.0. The summed E-state index contributed by atoms with van der Waals surface area (Å²) in [4.78, 5) is 21.3. The normalized spacial score (nSPS) is 14.5. The van der Waals surface area contributed by atoms with Crippen molar-refractivity contribution in [3.8, 4) is 0 Å². The van der Waals surface area contributed by atoms with Crippen molar-refractivity contribution >= 4 is 47.2 Å². The Morgan fingerprint density at radius 3 is 2.52 bits per heavy atom. The van der Waals surface area contributed by atoms with E-state index < -0.39 is 11.9 Å². The van der Waals surface area contributed by atoms with Gasteiger partial charge in [0.05, 0.1) is 5.01 Å². The van der Waals surface area contributed by atoms with Crippen LogP contribution in [0.3, 0.4) is 0 Å². The second-order valence-electron chi connectivity index (χ2n) is 6.96. The summed E-state index contributed by atoms with van der Waals surface area (Å²) < 4.78 is 37.8. The third kappa shape index (κ3) is 7.63. The molecule has 2 aromatic rings. The third-order valence-corrected chi connectivity index (χ3v) is 5.63. The van der Waals surface area contributed by atoms with Gasteiger partial charge >= 0.3 is 6.18 Å². The molecule has 1 aromatic carbocycles. The van der Waals surface area contributed by atoms with Crippen molar-refractivity contribution in [3.05, 3.63) is 51.5 Å². The van der Waals surface area contributed by atoms with E-state index in [2.05, 4.69) is 20.6 Å². The number of amides is 1. The first kappa shape index (κ1) is 25.4. The average Bonchev–Trinajstić information content (AvgIpc) is 3.35. The second kappa shape index (κ2) is 11.7. The number of rotatable bonds is 7. The number of guanidine groups is 1. The van der Waals surface area contributed by atoms with E-state index in [1.165, 1.54) is 0 Å². The predicted molar refractivity (Wildman–Crippen MR) is 126 cm³/mol. The molecule has 6 nitrogen and oxygen atoms in total. The molecule has 0 radical (unpaired) electrons. The van der Waals surface area contributed by atoms with E-state index in [0.717, 1.165) is 40.8 Å². The topological polar surface area (TPSA) is 69.6 Å². The lowest BCUT2D eigenvalue weighted by Gasteiger charge is -2.16. The molecule has 2 N–H and O–H groups in total. The molecule has 1 saturated heterocycles. The summed E-state index contributed by atoms with van der Waals surface area (Å²) in [5.74, 6) is 0.775. The van der Waals surface area contributed by atoms with Crippen LogP contribution in [-0.4, -0.2) is 41.9 Å². The number of hydrogen-bond acceptors (Lipinski definition) is 4. The standard InChI is InChI=1S/C20H24F3N5OS.HI/c1-24-19(25-9-8-17-27-16(13-30-17)20(21,22)23)26-11-14-4-6-15(7-5-14)12-28-10-2-3-18(28)29;/h4-7,13H,2-3,8-12H2,1H3,(H2,24,25,26);1H. The van der Waals surface area contributed by atoms with Gasteiger partial charge in [0.1, 0.15) is 0 Å². The monoisotopic (exact) mass is 567 g/mol. The summed E-state index contributed by atoms with van der Waals surface area (Å²) in [5.41, 5.74) is 1.31. The molecule has 0 atom stereocenters. The molecule has 1 aliphatic rings. The van der Waals surface area contributed by atoms with Crippen LogP contribution in [0.1, 0.15) is 34.7 Å². The highest BCUT2D eigenvalue weighted by atomic mass is 127. The minimum atomic E-state index is -4.40. The Labute approximate surface area is 200 Å². The summed E-state index contributed by atoms with van der Waals surface area (Å²) in [5, 5.41) is 7.72. The summed E-state index contributed by atoms with van der Waals surface area (Å²) in [6.45, 7) is 2.44. The molecule has 0 unspecified atom stereocenters. The van der Waals surface area contributed by atoms with Crippen LogP contribution in [0.5, 0.6) is 0 Å². The number of aromatic nitrogens is 1. The molecule has 0 aliphatic carbocycles. The highest BCUT2D eigenvalue weighted by Gasteiger charge is 2.33. The van der Waals surface area contributed by atoms with E-state index in [1.807, 2.05) is 29.2 Å². The Morgan fingerprint density at radius 1 is 1.23 bits per heavy atom. The van der Waals surface area contributed by atoms with Crippen molar-refractivity contribution in [3.63, 3.8) is 0 Å². The quantitative estimate of drug-likeness (QED) is 0.304. The highest BCUT2D eigenvalue weighted by molar-refractivity contribution is 14.0. The van der Waals surface area contributed by atoms with Gasteiger partial charge in [0.15, 0.2) is 11.7 Å². The molecule has 170 valence electrons. The number of halogens is 4. The number of benzene rings is 1. The van der Waals surface area contributed by atoms with Gasteiger partial charge in [0.25, 0.3) is 0 Å². The molecule has 0 saturated carbocycles. The van der Waals surface area contributed by atoms with Gasteiger partial charge < -0.3 is 15.5 Å². The number of aliphatic imine (C=N–C) groups is 1. The van der Waals surface area contributed by atoms with Crippen molar-refractivity contribution in [2.45, 2.75) is 38.5 Å². The Bertz CT molecular complexity index is 886. The van der Waals surface area contributed by atoms with Gasteiger partial charge in [0, 0.05) is 51.4 Å². The number of nitrogens with zero attached hydrogens (tertiary/aromatic N) is 3. The molecule has 0 bridgehead atoms. The fourth-order valence-electron chi connectivity index (χ4n) is 3.10. The van der Waals surface area contributed by atoms with Gasteiger partial charge in [-0.15, -0.1) is 35.3 Å². The van der Waals surface area contributed by atoms with Gasteiger partial charge in [-0.05, 0) is 17.5 Å². The number of hydrogen-bond donors (Lipinski definition) is 2. The fourth-order valence-corrected chi connectivity index (χ4v) is 3.91. The van der Waals surface area contributed by atoms with E-state index in [4.69, 9.17) is 0 Å². The zero-order chi connectivity index (χ0) is 21.6. The molecule has 3 rings (SSSR count).